The molecular weight excluding hydrogens is 380 g/mol. The second kappa shape index (κ2) is 9.29. The largest absolute Gasteiger partial charge is 0.324 e. The molecule has 0 bridgehead atoms. The summed E-state index contributed by atoms with van der Waals surface area (Å²) in [7, 11) is 0. The predicted octanol–water partition coefficient (Wildman–Crippen LogP) is 3.97. The van der Waals surface area contributed by atoms with Gasteiger partial charge < -0.3 is 5.32 Å². The molecule has 5 nitrogen and oxygen atoms in total. The minimum atomic E-state index is -0.506. The zero-order valence-corrected chi connectivity index (χ0v) is 17.4. The van der Waals surface area contributed by atoms with Crippen LogP contribution in [-0.2, 0) is 11.3 Å². The molecule has 4 rings (SSSR count). The maximum absolute atomic E-state index is 13.3. The third kappa shape index (κ3) is 4.89. The van der Waals surface area contributed by atoms with Gasteiger partial charge in [0.2, 0.25) is 0 Å². The van der Waals surface area contributed by atoms with Gasteiger partial charge in [0.1, 0.15) is 0 Å². The molecule has 2 heterocycles. The fourth-order valence-electron chi connectivity index (χ4n) is 3.61. The summed E-state index contributed by atoms with van der Waals surface area (Å²) in [4.78, 5) is 15.8. The Morgan fingerprint density at radius 3 is 2.66 bits per heavy atom. The van der Waals surface area contributed by atoms with Gasteiger partial charge in [-0.2, -0.15) is 16.9 Å². The quantitative estimate of drug-likeness (QED) is 0.673. The molecule has 1 aromatic heterocycles. The van der Waals surface area contributed by atoms with Crippen molar-refractivity contribution in [3.05, 3.63) is 83.7 Å². The number of nitrogens with zero attached hydrogens (tertiary/aromatic N) is 3. The average molecular weight is 407 g/mol. The zero-order chi connectivity index (χ0) is 20.1. The van der Waals surface area contributed by atoms with Gasteiger partial charge in [-0.1, -0.05) is 42.5 Å². The molecule has 1 N–H and O–H groups in total. The maximum Gasteiger partial charge on any atom is 0.253 e. The van der Waals surface area contributed by atoms with Gasteiger partial charge in [0.15, 0.2) is 6.04 Å². The van der Waals surface area contributed by atoms with Gasteiger partial charge in [-0.15, -0.1) is 0 Å². The lowest BCUT2D eigenvalue weighted by atomic mass is 10.1. The molecule has 0 saturated carbocycles. The zero-order valence-electron chi connectivity index (χ0n) is 16.6. The second-order valence-electron chi connectivity index (χ2n) is 7.33. The van der Waals surface area contributed by atoms with Crippen LogP contribution in [0.15, 0.2) is 67.0 Å². The van der Waals surface area contributed by atoms with Crippen LogP contribution in [0.25, 0.3) is 0 Å². The Labute approximate surface area is 176 Å². The molecule has 1 atom stereocenters. The van der Waals surface area contributed by atoms with E-state index in [2.05, 4.69) is 33.5 Å². The van der Waals surface area contributed by atoms with E-state index in [4.69, 9.17) is 0 Å². The van der Waals surface area contributed by atoms with Gasteiger partial charge in [0.05, 0.1) is 0 Å². The molecule has 1 aliphatic rings. The summed E-state index contributed by atoms with van der Waals surface area (Å²) >= 11 is 2.02. The summed E-state index contributed by atoms with van der Waals surface area (Å²) in [6.07, 6.45) is 3.53. The van der Waals surface area contributed by atoms with E-state index >= 15 is 0 Å². The number of thioether (sulfide) groups is 1. The molecule has 150 valence electrons. The van der Waals surface area contributed by atoms with Crippen molar-refractivity contribution in [1.29, 1.82) is 0 Å². The molecule has 1 amide bonds. The lowest BCUT2D eigenvalue weighted by Crippen LogP contribution is -2.32. The molecule has 0 radical (unpaired) electrons. The number of hydrogen-bond acceptors (Lipinski definition) is 4. The molecule has 1 saturated heterocycles. The molecular formula is C23H26N4OS. The lowest BCUT2D eigenvalue weighted by Gasteiger charge is -2.26. The molecule has 29 heavy (non-hydrogen) atoms. The summed E-state index contributed by atoms with van der Waals surface area (Å²) in [6, 6.07) is 17.5. The summed E-state index contributed by atoms with van der Waals surface area (Å²) in [5.41, 5.74) is 4.07. The molecule has 2 aromatic carbocycles. The Balaban J connectivity index is 1.55. The molecule has 6 heteroatoms. The minimum absolute atomic E-state index is 0.0884. The Morgan fingerprint density at radius 2 is 1.93 bits per heavy atom. The highest BCUT2D eigenvalue weighted by atomic mass is 32.2. The number of benzene rings is 2. The summed E-state index contributed by atoms with van der Waals surface area (Å²) in [5, 5.41) is 7.47. The number of anilines is 1. The molecule has 0 spiro atoms. The Hall–Kier alpha value is -2.57. The summed E-state index contributed by atoms with van der Waals surface area (Å²) < 4.78 is 1.70. The Morgan fingerprint density at radius 1 is 1.14 bits per heavy atom. The molecule has 1 aliphatic heterocycles. The van der Waals surface area contributed by atoms with Crippen LogP contribution in [0.4, 0.5) is 5.69 Å². The number of carbonyl (C=O) groups is 1. The Kier molecular flexibility index (Phi) is 6.32. The molecule has 1 fully saturated rings. The first-order valence-electron chi connectivity index (χ1n) is 9.95. The smallest absolute Gasteiger partial charge is 0.253 e. The maximum atomic E-state index is 13.3. The normalized spacial score (nSPS) is 15.8. The van der Waals surface area contributed by atoms with Crippen LogP contribution in [-0.4, -0.2) is 45.2 Å². The number of nitrogens with one attached hydrogen (secondary N) is 1. The van der Waals surface area contributed by atoms with Gasteiger partial charge in [-0.3, -0.25) is 14.4 Å². The highest BCUT2D eigenvalue weighted by Gasteiger charge is 2.23. The van der Waals surface area contributed by atoms with Gasteiger partial charge >= 0.3 is 0 Å². The van der Waals surface area contributed by atoms with Crippen LogP contribution in [0, 0.1) is 6.92 Å². The predicted molar refractivity (Wildman–Crippen MR) is 119 cm³/mol. The van der Waals surface area contributed by atoms with Crippen LogP contribution < -0.4 is 5.32 Å². The van der Waals surface area contributed by atoms with E-state index in [1.807, 2.05) is 61.3 Å². The van der Waals surface area contributed by atoms with Crippen LogP contribution in [0.1, 0.15) is 22.7 Å². The van der Waals surface area contributed by atoms with Crippen molar-refractivity contribution < 1.29 is 4.79 Å². The minimum Gasteiger partial charge on any atom is -0.324 e. The summed E-state index contributed by atoms with van der Waals surface area (Å²) in [6.45, 7) is 5.19. The molecule has 0 aliphatic carbocycles. The third-order valence-corrected chi connectivity index (χ3v) is 6.17. The number of aryl methyl sites for hydroxylation is 1. The standard InChI is InChI=1S/C23H26N4OS/c1-18-8-9-19(17-26-12-14-29-15-13-26)16-21(18)25-23(28)22(27-11-5-10-24-27)20-6-3-2-4-7-20/h2-11,16,22H,12-15,17H2,1H3,(H,25,28). The topological polar surface area (TPSA) is 50.2 Å². The molecule has 1 unspecified atom stereocenters. The lowest BCUT2D eigenvalue weighted by molar-refractivity contribution is -0.118. The fourth-order valence-corrected chi connectivity index (χ4v) is 4.59. The van der Waals surface area contributed by atoms with E-state index in [-0.39, 0.29) is 5.91 Å². The number of amides is 1. The number of hydrogen-bond donors (Lipinski definition) is 1. The second-order valence-corrected chi connectivity index (χ2v) is 8.55. The molecule has 3 aromatic rings. The van der Waals surface area contributed by atoms with E-state index < -0.39 is 6.04 Å². The first kappa shape index (κ1) is 19.7. The highest BCUT2D eigenvalue weighted by Crippen LogP contribution is 2.23. The van der Waals surface area contributed by atoms with Crippen molar-refractivity contribution >= 4 is 23.4 Å². The first-order valence-corrected chi connectivity index (χ1v) is 11.1. The Bertz CT molecular complexity index is 937. The van der Waals surface area contributed by atoms with Crippen molar-refractivity contribution in [3.63, 3.8) is 0 Å². The van der Waals surface area contributed by atoms with Crippen molar-refractivity contribution in [2.45, 2.75) is 19.5 Å². The van der Waals surface area contributed by atoms with Gasteiger partial charge in [-0.25, -0.2) is 0 Å². The van der Waals surface area contributed by atoms with Crippen LogP contribution in [0.2, 0.25) is 0 Å². The van der Waals surface area contributed by atoms with Crippen LogP contribution in [0.5, 0.6) is 0 Å². The average Bonchev–Trinajstić information content (AvgIpc) is 3.26. The SMILES string of the molecule is Cc1ccc(CN2CCSCC2)cc1NC(=O)C(c1ccccc1)n1cccn1. The van der Waals surface area contributed by atoms with E-state index in [1.54, 1.807) is 10.9 Å². The van der Waals surface area contributed by atoms with Crippen molar-refractivity contribution in [1.82, 2.24) is 14.7 Å². The fraction of sp³-hybridized carbons (Fsp3) is 0.304. The van der Waals surface area contributed by atoms with Crippen molar-refractivity contribution in [3.8, 4) is 0 Å². The van der Waals surface area contributed by atoms with Gasteiger partial charge in [-0.05, 0) is 35.7 Å². The van der Waals surface area contributed by atoms with Crippen LogP contribution in [0.3, 0.4) is 0 Å². The monoisotopic (exact) mass is 406 g/mol. The van der Waals surface area contributed by atoms with Gasteiger partial charge in [0.25, 0.3) is 5.91 Å². The number of aromatic nitrogens is 2. The number of rotatable bonds is 6. The number of carbonyl (C=O) groups excluding carboxylic acids is 1. The van der Waals surface area contributed by atoms with E-state index in [9.17, 15) is 4.79 Å². The highest BCUT2D eigenvalue weighted by molar-refractivity contribution is 7.99. The van der Waals surface area contributed by atoms with Crippen molar-refractivity contribution in [2.24, 2.45) is 0 Å². The first-order chi connectivity index (χ1) is 14.2. The van der Waals surface area contributed by atoms with E-state index in [0.29, 0.717) is 0 Å². The van der Waals surface area contributed by atoms with Crippen molar-refractivity contribution in [2.75, 3.05) is 29.9 Å². The summed E-state index contributed by atoms with van der Waals surface area (Å²) in [5.74, 6) is 2.30. The van der Waals surface area contributed by atoms with Crippen LogP contribution >= 0.6 is 11.8 Å². The van der Waals surface area contributed by atoms with E-state index in [0.717, 1.165) is 36.4 Å². The third-order valence-electron chi connectivity index (χ3n) is 5.22. The van der Waals surface area contributed by atoms with Gasteiger partial charge in [0, 0.05) is 49.2 Å². The van der Waals surface area contributed by atoms with E-state index in [1.165, 1.54) is 17.1 Å².